The number of rotatable bonds is 4. The monoisotopic (exact) mass is 249 g/mol. The lowest BCUT2D eigenvalue weighted by atomic mass is 10.2. The zero-order valence-corrected chi connectivity index (χ0v) is 9.81. The van der Waals surface area contributed by atoms with Gasteiger partial charge >= 0.3 is 0 Å². The smallest absolute Gasteiger partial charge is 0.270 e. The number of nitro benzene ring substituents is 1. The molecule has 0 atom stereocenters. The van der Waals surface area contributed by atoms with E-state index in [1.807, 2.05) is 11.4 Å². The van der Waals surface area contributed by atoms with Gasteiger partial charge in [-0.15, -0.1) is 11.3 Å². The van der Waals surface area contributed by atoms with Gasteiger partial charge in [-0.25, -0.2) is 4.98 Å². The van der Waals surface area contributed by atoms with E-state index in [1.54, 1.807) is 6.07 Å². The first-order valence-electron chi connectivity index (χ1n) is 5.10. The zero-order valence-electron chi connectivity index (χ0n) is 9.00. The Morgan fingerprint density at radius 3 is 3.00 bits per heavy atom. The van der Waals surface area contributed by atoms with Crippen molar-refractivity contribution in [3.63, 3.8) is 0 Å². The van der Waals surface area contributed by atoms with E-state index in [0.29, 0.717) is 6.54 Å². The molecule has 0 bridgehead atoms. The number of hydrogen-bond acceptors (Lipinski definition) is 5. The van der Waals surface area contributed by atoms with Gasteiger partial charge in [-0.3, -0.25) is 10.1 Å². The van der Waals surface area contributed by atoms with Crippen molar-refractivity contribution in [2.45, 2.75) is 6.42 Å². The van der Waals surface area contributed by atoms with E-state index in [4.69, 9.17) is 5.73 Å². The quantitative estimate of drug-likeness (QED) is 0.665. The van der Waals surface area contributed by atoms with Gasteiger partial charge in [-0.05, 0) is 6.54 Å². The van der Waals surface area contributed by atoms with Crippen molar-refractivity contribution in [3.05, 3.63) is 45.5 Å². The lowest BCUT2D eigenvalue weighted by molar-refractivity contribution is -0.384. The van der Waals surface area contributed by atoms with Crippen LogP contribution in [-0.4, -0.2) is 16.5 Å². The molecule has 88 valence electrons. The summed E-state index contributed by atoms with van der Waals surface area (Å²) in [4.78, 5) is 14.6. The van der Waals surface area contributed by atoms with E-state index in [0.717, 1.165) is 22.7 Å². The van der Waals surface area contributed by atoms with Gasteiger partial charge in [0, 0.05) is 29.5 Å². The van der Waals surface area contributed by atoms with Crippen LogP contribution in [0.15, 0.2) is 29.6 Å². The van der Waals surface area contributed by atoms with Crippen LogP contribution in [0.3, 0.4) is 0 Å². The van der Waals surface area contributed by atoms with Crippen LogP contribution in [0.4, 0.5) is 5.69 Å². The number of thiazole rings is 1. The molecule has 17 heavy (non-hydrogen) atoms. The molecular weight excluding hydrogens is 238 g/mol. The van der Waals surface area contributed by atoms with Gasteiger partial charge in [0.15, 0.2) is 0 Å². The van der Waals surface area contributed by atoms with Crippen LogP contribution in [0.2, 0.25) is 0 Å². The third-order valence-electron chi connectivity index (χ3n) is 2.26. The highest BCUT2D eigenvalue weighted by molar-refractivity contribution is 7.13. The molecule has 1 aromatic heterocycles. The first-order chi connectivity index (χ1) is 8.20. The number of nitrogens with two attached hydrogens (primary N) is 1. The molecule has 0 saturated heterocycles. The average molecular weight is 249 g/mol. The van der Waals surface area contributed by atoms with Gasteiger partial charge in [-0.2, -0.15) is 0 Å². The van der Waals surface area contributed by atoms with E-state index in [1.165, 1.54) is 23.5 Å². The Morgan fingerprint density at radius 2 is 2.29 bits per heavy atom. The van der Waals surface area contributed by atoms with E-state index >= 15 is 0 Å². The standard InChI is InChI=1S/C11H11N3O2S/c12-5-4-9-7-17-11(13-9)8-2-1-3-10(6-8)14(15)16/h1-3,6-7H,4-5,12H2. The van der Waals surface area contributed by atoms with Gasteiger partial charge in [0.2, 0.25) is 0 Å². The first kappa shape index (κ1) is 11.7. The van der Waals surface area contributed by atoms with Crippen LogP contribution in [0.5, 0.6) is 0 Å². The van der Waals surface area contributed by atoms with Crippen LogP contribution in [0, 0.1) is 10.1 Å². The first-order valence-corrected chi connectivity index (χ1v) is 5.98. The molecule has 0 aliphatic rings. The number of benzene rings is 1. The predicted molar refractivity (Wildman–Crippen MR) is 67.0 cm³/mol. The Kier molecular flexibility index (Phi) is 3.46. The molecule has 0 fully saturated rings. The number of nitro groups is 1. The van der Waals surface area contributed by atoms with Crippen LogP contribution < -0.4 is 5.73 Å². The summed E-state index contributed by atoms with van der Waals surface area (Å²) in [6, 6.07) is 6.48. The number of nitrogens with zero attached hydrogens (tertiary/aromatic N) is 2. The van der Waals surface area contributed by atoms with E-state index < -0.39 is 4.92 Å². The van der Waals surface area contributed by atoms with Crippen molar-refractivity contribution >= 4 is 17.0 Å². The summed E-state index contributed by atoms with van der Waals surface area (Å²) < 4.78 is 0. The second-order valence-corrected chi connectivity index (χ2v) is 4.35. The summed E-state index contributed by atoms with van der Waals surface area (Å²) in [6.45, 7) is 0.554. The Labute approximate surface area is 102 Å². The fourth-order valence-corrected chi connectivity index (χ4v) is 2.31. The topological polar surface area (TPSA) is 82.0 Å². The van der Waals surface area contributed by atoms with Crippen molar-refractivity contribution in [2.24, 2.45) is 5.73 Å². The largest absolute Gasteiger partial charge is 0.330 e. The molecule has 6 heteroatoms. The average Bonchev–Trinajstić information content (AvgIpc) is 2.78. The maximum absolute atomic E-state index is 10.7. The molecule has 0 aliphatic heterocycles. The van der Waals surface area contributed by atoms with E-state index in [2.05, 4.69) is 4.98 Å². The minimum Gasteiger partial charge on any atom is -0.330 e. The Bertz CT molecular complexity index is 539. The molecule has 0 amide bonds. The molecule has 1 heterocycles. The highest BCUT2D eigenvalue weighted by atomic mass is 32.1. The zero-order chi connectivity index (χ0) is 12.3. The third kappa shape index (κ3) is 2.66. The molecule has 0 aliphatic carbocycles. The summed E-state index contributed by atoms with van der Waals surface area (Å²) in [6.07, 6.45) is 0.728. The molecule has 1 aromatic carbocycles. The Balaban J connectivity index is 2.32. The van der Waals surface area contributed by atoms with E-state index in [9.17, 15) is 10.1 Å². The van der Waals surface area contributed by atoms with Crippen LogP contribution in [-0.2, 0) is 6.42 Å². The molecule has 0 saturated carbocycles. The Hall–Kier alpha value is -1.79. The maximum atomic E-state index is 10.7. The van der Waals surface area contributed by atoms with Gasteiger partial charge in [0.25, 0.3) is 5.69 Å². The summed E-state index contributed by atoms with van der Waals surface area (Å²) in [5, 5.41) is 13.4. The molecule has 2 N–H and O–H groups in total. The molecule has 0 spiro atoms. The summed E-state index contributed by atoms with van der Waals surface area (Å²) >= 11 is 1.47. The van der Waals surface area contributed by atoms with Gasteiger partial charge < -0.3 is 5.73 Å². The highest BCUT2D eigenvalue weighted by Crippen LogP contribution is 2.26. The van der Waals surface area contributed by atoms with Crippen LogP contribution in [0.1, 0.15) is 5.69 Å². The molecule has 2 rings (SSSR count). The molecular formula is C11H11N3O2S. The molecule has 5 nitrogen and oxygen atoms in total. The van der Waals surface area contributed by atoms with Gasteiger partial charge in [0.05, 0.1) is 10.6 Å². The van der Waals surface area contributed by atoms with Gasteiger partial charge in [0.1, 0.15) is 5.01 Å². The van der Waals surface area contributed by atoms with Crippen molar-refractivity contribution < 1.29 is 4.92 Å². The lowest BCUT2D eigenvalue weighted by Crippen LogP contribution is -2.02. The molecule has 2 aromatic rings. The summed E-state index contributed by atoms with van der Waals surface area (Å²) in [5.74, 6) is 0. The second-order valence-electron chi connectivity index (χ2n) is 3.49. The van der Waals surface area contributed by atoms with Crippen molar-refractivity contribution in [2.75, 3.05) is 6.54 Å². The fourth-order valence-electron chi connectivity index (χ4n) is 1.45. The van der Waals surface area contributed by atoms with Gasteiger partial charge in [-0.1, -0.05) is 12.1 Å². The number of hydrogen-bond donors (Lipinski definition) is 1. The lowest BCUT2D eigenvalue weighted by Gasteiger charge is -1.96. The van der Waals surface area contributed by atoms with Crippen molar-refractivity contribution in [1.29, 1.82) is 0 Å². The SMILES string of the molecule is NCCc1csc(-c2cccc([N+](=O)[O-])c2)n1. The summed E-state index contributed by atoms with van der Waals surface area (Å²) in [7, 11) is 0. The van der Waals surface area contributed by atoms with Crippen molar-refractivity contribution in [1.82, 2.24) is 4.98 Å². The number of non-ortho nitro benzene ring substituents is 1. The molecule has 0 unspecified atom stereocenters. The van der Waals surface area contributed by atoms with E-state index in [-0.39, 0.29) is 5.69 Å². The normalized spacial score (nSPS) is 10.4. The van der Waals surface area contributed by atoms with Crippen LogP contribution >= 0.6 is 11.3 Å². The predicted octanol–water partition coefficient (Wildman–Crippen LogP) is 2.22. The fraction of sp³-hybridized carbons (Fsp3) is 0.182. The number of aromatic nitrogens is 1. The van der Waals surface area contributed by atoms with Crippen molar-refractivity contribution in [3.8, 4) is 10.6 Å². The molecule has 0 radical (unpaired) electrons. The third-order valence-corrected chi connectivity index (χ3v) is 3.20. The second kappa shape index (κ2) is 5.03. The Morgan fingerprint density at radius 1 is 1.47 bits per heavy atom. The van der Waals surface area contributed by atoms with Crippen LogP contribution in [0.25, 0.3) is 10.6 Å². The maximum Gasteiger partial charge on any atom is 0.270 e. The minimum absolute atomic E-state index is 0.0816. The highest BCUT2D eigenvalue weighted by Gasteiger charge is 2.09. The minimum atomic E-state index is -0.405. The summed E-state index contributed by atoms with van der Waals surface area (Å²) in [5.41, 5.74) is 7.23.